The third kappa shape index (κ3) is 3.62. The van der Waals surface area contributed by atoms with Crippen molar-refractivity contribution >= 4 is 11.4 Å². The van der Waals surface area contributed by atoms with Crippen molar-refractivity contribution in [2.45, 2.75) is 12.7 Å². The molecule has 2 aromatic carbocycles. The topological polar surface area (TPSA) is 38.0 Å². The van der Waals surface area contributed by atoms with Crippen molar-refractivity contribution in [3.05, 3.63) is 59.2 Å². The van der Waals surface area contributed by atoms with Gasteiger partial charge in [-0.1, -0.05) is 6.07 Å². The molecular weight excluding hydrogens is 291 g/mol. The number of hydrogen-bond donors (Lipinski definition) is 2. The largest absolute Gasteiger partial charge is 0.418 e. The average Bonchev–Trinajstić information content (AvgIpc) is 2.38. The molecule has 0 aliphatic heterocycles. The summed E-state index contributed by atoms with van der Waals surface area (Å²) in [7, 11) is 0. The van der Waals surface area contributed by atoms with Crippen LogP contribution in [0.1, 0.15) is 11.1 Å². The van der Waals surface area contributed by atoms with Gasteiger partial charge in [0.25, 0.3) is 0 Å². The first-order chi connectivity index (χ1) is 9.77. The van der Waals surface area contributed by atoms with Crippen LogP contribution in [0.3, 0.4) is 0 Å². The molecule has 2 nitrogen and oxygen atoms in total. The standard InChI is InChI=1S/C14H11F5N2/c15-9-2-1-8(12(16)5-9)7-21-13-4-3-10(20)6-11(13)14(17,18)19/h1-6,21H,7,20H2. The van der Waals surface area contributed by atoms with Gasteiger partial charge in [0.15, 0.2) is 0 Å². The molecule has 112 valence electrons. The lowest BCUT2D eigenvalue weighted by atomic mass is 10.1. The zero-order chi connectivity index (χ0) is 15.6. The van der Waals surface area contributed by atoms with E-state index in [1.807, 2.05) is 0 Å². The van der Waals surface area contributed by atoms with Gasteiger partial charge in [-0.15, -0.1) is 0 Å². The molecule has 0 heterocycles. The van der Waals surface area contributed by atoms with E-state index in [4.69, 9.17) is 5.73 Å². The van der Waals surface area contributed by atoms with Crippen molar-refractivity contribution in [3.8, 4) is 0 Å². The van der Waals surface area contributed by atoms with E-state index in [1.54, 1.807) is 0 Å². The van der Waals surface area contributed by atoms with E-state index in [9.17, 15) is 22.0 Å². The second-order valence-electron chi connectivity index (χ2n) is 4.39. The number of nitrogens with one attached hydrogen (secondary N) is 1. The monoisotopic (exact) mass is 302 g/mol. The summed E-state index contributed by atoms with van der Waals surface area (Å²) in [6.45, 7) is -0.209. The second-order valence-corrected chi connectivity index (χ2v) is 4.39. The van der Waals surface area contributed by atoms with Crippen LogP contribution in [0, 0.1) is 11.6 Å². The molecule has 0 aliphatic carbocycles. The van der Waals surface area contributed by atoms with Gasteiger partial charge < -0.3 is 11.1 Å². The Morgan fingerprint density at radius 2 is 1.71 bits per heavy atom. The van der Waals surface area contributed by atoms with Crippen LogP contribution in [0.2, 0.25) is 0 Å². The Bertz CT molecular complexity index is 652. The molecule has 0 saturated carbocycles. The van der Waals surface area contributed by atoms with Crippen LogP contribution in [0.5, 0.6) is 0 Å². The number of benzene rings is 2. The van der Waals surface area contributed by atoms with E-state index in [2.05, 4.69) is 5.32 Å². The van der Waals surface area contributed by atoms with Gasteiger partial charge in [-0.25, -0.2) is 8.78 Å². The molecule has 2 rings (SSSR count). The minimum Gasteiger partial charge on any atom is -0.399 e. The van der Waals surface area contributed by atoms with Crippen LogP contribution in [0.4, 0.5) is 33.3 Å². The van der Waals surface area contributed by atoms with Crippen LogP contribution in [-0.2, 0) is 12.7 Å². The Morgan fingerprint density at radius 3 is 2.33 bits per heavy atom. The van der Waals surface area contributed by atoms with E-state index in [-0.39, 0.29) is 23.5 Å². The fourth-order valence-electron chi connectivity index (χ4n) is 1.81. The normalized spacial score (nSPS) is 11.5. The highest BCUT2D eigenvalue weighted by atomic mass is 19.4. The quantitative estimate of drug-likeness (QED) is 0.659. The van der Waals surface area contributed by atoms with Gasteiger partial charge in [-0.2, -0.15) is 13.2 Å². The molecule has 21 heavy (non-hydrogen) atoms. The molecule has 0 unspecified atom stereocenters. The molecule has 0 fully saturated rings. The number of nitrogens with two attached hydrogens (primary N) is 1. The molecular formula is C14H11F5N2. The van der Waals surface area contributed by atoms with Gasteiger partial charge in [-0.3, -0.25) is 0 Å². The highest BCUT2D eigenvalue weighted by molar-refractivity contribution is 5.59. The maximum Gasteiger partial charge on any atom is 0.418 e. The minimum absolute atomic E-state index is 0.0270. The summed E-state index contributed by atoms with van der Waals surface area (Å²) in [6, 6.07) is 6.14. The third-order valence-electron chi connectivity index (χ3n) is 2.83. The van der Waals surface area contributed by atoms with Crippen molar-refractivity contribution in [1.82, 2.24) is 0 Å². The van der Waals surface area contributed by atoms with E-state index < -0.39 is 23.4 Å². The first kappa shape index (κ1) is 15.1. The highest BCUT2D eigenvalue weighted by Gasteiger charge is 2.33. The summed E-state index contributed by atoms with van der Waals surface area (Å²) in [5.41, 5.74) is 4.21. The van der Waals surface area contributed by atoms with Crippen LogP contribution < -0.4 is 11.1 Å². The summed E-state index contributed by atoms with van der Waals surface area (Å²) >= 11 is 0. The molecule has 0 atom stereocenters. The Balaban J connectivity index is 2.24. The Hall–Kier alpha value is -2.31. The molecule has 7 heteroatoms. The lowest BCUT2D eigenvalue weighted by Crippen LogP contribution is -2.12. The summed E-state index contributed by atoms with van der Waals surface area (Å²) in [6.07, 6.45) is -4.58. The Labute approximate surface area is 117 Å². The van der Waals surface area contributed by atoms with Crippen molar-refractivity contribution in [1.29, 1.82) is 0 Å². The molecule has 0 aliphatic rings. The van der Waals surface area contributed by atoms with Gasteiger partial charge in [0.05, 0.1) is 5.56 Å². The molecule has 0 amide bonds. The second kappa shape index (κ2) is 5.59. The predicted molar refractivity (Wildman–Crippen MR) is 69.5 cm³/mol. The van der Waals surface area contributed by atoms with Crippen molar-refractivity contribution in [3.63, 3.8) is 0 Å². The highest BCUT2D eigenvalue weighted by Crippen LogP contribution is 2.36. The zero-order valence-electron chi connectivity index (χ0n) is 10.6. The fraction of sp³-hybridized carbons (Fsp3) is 0.143. The first-order valence-electron chi connectivity index (χ1n) is 5.92. The number of halogens is 5. The number of nitrogen functional groups attached to an aromatic ring is 1. The Morgan fingerprint density at radius 1 is 1.00 bits per heavy atom. The van der Waals surface area contributed by atoms with Crippen LogP contribution in [-0.4, -0.2) is 0 Å². The molecule has 2 aromatic rings. The summed E-state index contributed by atoms with van der Waals surface area (Å²) in [5, 5.41) is 2.49. The molecule has 0 spiro atoms. The van der Waals surface area contributed by atoms with Gasteiger partial charge >= 0.3 is 6.18 Å². The average molecular weight is 302 g/mol. The summed E-state index contributed by atoms with van der Waals surface area (Å²) < 4.78 is 64.8. The maximum atomic E-state index is 13.4. The first-order valence-corrected chi connectivity index (χ1v) is 5.92. The van der Waals surface area contributed by atoms with Crippen molar-refractivity contribution in [2.75, 3.05) is 11.1 Å². The number of alkyl halides is 3. The summed E-state index contributed by atoms with van der Waals surface area (Å²) in [4.78, 5) is 0. The van der Waals surface area contributed by atoms with Crippen LogP contribution in [0.25, 0.3) is 0 Å². The Kier molecular flexibility index (Phi) is 4.02. The SMILES string of the molecule is Nc1ccc(NCc2ccc(F)cc2F)c(C(F)(F)F)c1. The van der Waals surface area contributed by atoms with Gasteiger partial charge in [0.1, 0.15) is 11.6 Å². The maximum absolute atomic E-state index is 13.4. The van der Waals surface area contributed by atoms with Gasteiger partial charge in [0, 0.05) is 29.5 Å². The van der Waals surface area contributed by atoms with E-state index in [0.717, 1.165) is 12.1 Å². The summed E-state index contributed by atoms with van der Waals surface area (Å²) in [5.74, 6) is -1.58. The van der Waals surface area contributed by atoms with Crippen LogP contribution >= 0.6 is 0 Å². The third-order valence-corrected chi connectivity index (χ3v) is 2.83. The number of anilines is 2. The number of rotatable bonds is 3. The van der Waals surface area contributed by atoms with Crippen molar-refractivity contribution < 1.29 is 22.0 Å². The zero-order valence-corrected chi connectivity index (χ0v) is 10.6. The van der Waals surface area contributed by atoms with Crippen LogP contribution in [0.15, 0.2) is 36.4 Å². The van der Waals surface area contributed by atoms with Gasteiger partial charge in [-0.05, 0) is 24.3 Å². The van der Waals surface area contributed by atoms with E-state index >= 15 is 0 Å². The molecule has 3 N–H and O–H groups in total. The lowest BCUT2D eigenvalue weighted by molar-refractivity contribution is -0.136. The minimum atomic E-state index is -4.58. The number of hydrogen-bond acceptors (Lipinski definition) is 2. The fourth-order valence-corrected chi connectivity index (χ4v) is 1.81. The lowest BCUT2D eigenvalue weighted by Gasteiger charge is -2.15. The van der Waals surface area contributed by atoms with E-state index in [1.165, 1.54) is 18.2 Å². The smallest absolute Gasteiger partial charge is 0.399 e. The molecule has 0 saturated heterocycles. The molecule has 0 bridgehead atoms. The van der Waals surface area contributed by atoms with E-state index in [0.29, 0.717) is 6.07 Å². The molecule has 0 radical (unpaired) electrons. The molecule has 0 aromatic heterocycles. The van der Waals surface area contributed by atoms with Gasteiger partial charge in [0.2, 0.25) is 0 Å². The van der Waals surface area contributed by atoms with Crippen molar-refractivity contribution in [2.24, 2.45) is 0 Å². The predicted octanol–water partition coefficient (Wildman–Crippen LogP) is 4.18.